The summed E-state index contributed by atoms with van der Waals surface area (Å²) in [6.45, 7) is 11.4. The second-order valence-corrected chi connectivity index (χ2v) is 15.2. The molecule has 1 N–H and O–H groups in total. The lowest BCUT2D eigenvalue weighted by Gasteiger charge is -2.35. The first-order valence-corrected chi connectivity index (χ1v) is 14.9. The van der Waals surface area contributed by atoms with E-state index in [1.165, 1.54) is 12.1 Å². The van der Waals surface area contributed by atoms with E-state index in [1.807, 2.05) is 30.3 Å². The molecule has 0 fully saturated rings. The fourth-order valence-corrected chi connectivity index (χ4v) is 4.26. The highest BCUT2D eigenvalue weighted by Crippen LogP contribution is 2.36. The third-order valence-corrected chi connectivity index (χ3v) is 11.1. The van der Waals surface area contributed by atoms with E-state index in [9.17, 15) is 4.39 Å². The topological polar surface area (TPSA) is 59.9 Å². The van der Waals surface area contributed by atoms with E-state index >= 15 is 0 Å². The molecule has 4 rings (SSSR count). The molecule has 0 atom stereocenters. The number of hydrogen-bond acceptors (Lipinski definition) is 5. The van der Waals surface area contributed by atoms with Crippen LogP contribution >= 0.6 is 11.6 Å². The van der Waals surface area contributed by atoms with Crippen molar-refractivity contribution in [2.75, 3.05) is 11.9 Å². The molecule has 0 unspecified atom stereocenters. The maximum Gasteiger partial charge on any atom is 0.193 e. The quantitative estimate of drug-likeness (QED) is 0.218. The second kappa shape index (κ2) is 10.4. The molecule has 0 aliphatic rings. The molecule has 0 amide bonds. The first-order chi connectivity index (χ1) is 17.0. The number of hydrogen-bond donors (Lipinski definition) is 1. The van der Waals surface area contributed by atoms with Gasteiger partial charge in [0.2, 0.25) is 0 Å². The number of benzene rings is 2. The van der Waals surface area contributed by atoms with Crippen molar-refractivity contribution in [3.63, 3.8) is 0 Å². The van der Waals surface area contributed by atoms with Gasteiger partial charge in [0.25, 0.3) is 0 Å². The molecule has 0 aliphatic heterocycles. The molecule has 2 aromatic carbocycles. The summed E-state index contributed by atoms with van der Waals surface area (Å²) in [5, 5.41) is 4.22. The highest BCUT2D eigenvalue weighted by Gasteiger charge is 2.36. The van der Waals surface area contributed by atoms with Crippen molar-refractivity contribution in [2.45, 2.75) is 38.9 Å². The molecule has 184 valence electrons. The van der Waals surface area contributed by atoms with Crippen LogP contribution in [-0.4, -0.2) is 29.9 Å². The maximum atomic E-state index is 13.7. The monoisotopic (exact) mass is 518 g/mol. The summed E-state index contributed by atoms with van der Waals surface area (Å²) >= 11 is 5.98. The minimum atomic E-state index is -1.85. The van der Waals surface area contributed by atoms with Crippen LogP contribution in [0, 0.1) is 17.7 Å². The van der Waals surface area contributed by atoms with Crippen molar-refractivity contribution in [1.29, 1.82) is 0 Å². The SMILES string of the molecule is CC(C)(C)[Si](C)(C)OCC#Cc1ccc2c(Nc3ccc(F)c(Cl)c3)nc(-c3cccnc3)nc2c1. The summed E-state index contributed by atoms with van der Waals surface area (Å²) in [7, 11) is -1.85. The number of halogens is 2. The van der Waals surface area contributed by atoms with Crippen LogP contribution in [0.3, 0.4) is 0 Å². The van der Waals surface area contributed by atoms with Crippen LogP contribution in [0.4, 0.5) is 15.9 Å². The Morgan fingerprint density at radius 1 is 1.08 bits per heavy atom. The Bertz CT molecular complexity index is 1460. The molecule has 0 saturated heterocycles. The summed E-state index contributed by atoms with van der Waals surface area (Å²) < 4.78 is 19.8. The Balaban J connectivity index is 1.69. The standard InChI is InChI=1S/C28H28ClFN4OSi/c1-28(2,3)36(4,5)35-15-7-8-19-10-12-22-25(16-19)33-26(20-9-6-14-31-18-20)34-27(22)32-21-11-13-24(30)23(29)17-21/h6,9-14,16-18H,15H2,1-5H3,(H,32,33,34). The second-order valence-electron chi connectivity index (χ2n) is 9.97. The van der Waals surface area contributed by atoms with E-state index in [2.05, 4.69) is 56.0 Å². The molecular formula is C28H28ClFN4OSi. The number of pyridine rings is 1. The van der Waals surface area contributed by atoms with E-state index in [0.29, 0.717) is 23.9 Å². The van der Waals surface area contributed by atoms with Gasteiger partial charge < -0.3 is 9.74 Å². The molecule has 2 heterocycles. The maximum absolute atomic E-state index is 13.7. The van der Waals surface area contributed by atoms with Gasteiger partial charge in [0.15, 0.2) is 14.1 Å². The average molecular weight is 519 g/mol. The minimum Gasteiger partial charge on any atom is -0.406 e. The lowest BCUT2D eigenvalue weighted by atomic mass is 10.1. The molecule has 0 aliphatic carbocycles. The number of aromatic nitrogens is 3. The number of nitrogens with one attached hydrogen (secondary N) is 1. The molecule has 4 aromatic rings. The normalized spacial score (nSPS) is 11.8. The highest BCUT2D eigenvalue weighted by molar-refractivity contribution is 6.74. The Hall–Kier alpha value is -3.31. The molecule has 8 heteroatoms. The Morgan fingerprint density at radius 3 is 2.58 bits per heavy atom. The van der Waals surface area contributed by atoms with Gasteiger partial charge in [0, 0.05) is 34.6 Å². The van der Waals surface area contributed by atoms with Gasteiger partial charge in [-0.05, 0) is 66.7 Å². The number of nitrogens with zero attached hydrogens (tertiary/aromatic N) is 3. The van der Waals surface area contributed by atoms with Crippen LogP contribution in [0.1, 0.15) is 26.3 Å². The van der Waals surface area contributed by atoms with Crippen molar-refractivity contribution in [3.05, 3.63) is 77.3 Å². The van der Waals surface area contributed by atoms with Gasteiger partial charge in [0.05, 0.1) is 17.1 Å². The fourth-order valence-electron chi connectivity index (χ4n) is 3.21. The van der Waals surface area contributed by atoms with Gasteiger partial charge in [-0.3, -0.25) is 4.98 Å². The summed E-state index contributed by atoms with van der Waals surface area (Å²) in [5.74, 6) is 6.95. The van der Waals surface area contributed by atoms with E-state index in [1.54, 1.807) is 18.5 Å². The zero-order valence-electron chi connectivity index (χ0n) is 21.0. The molecular weight excluding hydrogens is 491 g/mol. The summed E-state index contributed by atoms with van der Waals surface area (Å²) in [4.78, 5) is 13.7. The predicted molar refractivity (Wildman–Crippen MR) is 147 cm³/mol. The van der Waals surface area contributed by atoms with Gasteiger partial charge in [-0.1, -0.05) is 44.2 Å². The van der Waals surface area contributed by atoms with Crippen LogP contribution in [0.5, 0.6) is 0 Å². The molecule has 0 spiro atoms. The third-order valence-electron chi connectivity index (χ3n) is 6.34. The van der Waals surface area contributed by atoms with Gasteiger partial charge in [-0.15, -0.1) is 0 Å². The van der Waals surface area contributed by atoms with E-state index in [0.717, 1.165) is 22.0 Å². The number of anilines is 2. The third kappa shape index (κ3) is 5.90. The van der Waals surface area contributed by atoms with Crippen LogP contribution in [0.2, 0.25) is 23.2 Å². The van der Waals surface area contributed by atoms with E-state index in [4.69, 9.17) is 26.0 Å². The summed E-state index contributed by atoms with van der Waals surface area (Å²) in [6, 6.07) is 14.0. The van der Waals surface area contributed by atoms with Gasteiger partial charge in [-0.2, -0.15) is 0 Å². The number of rotatable bonds is 5. The predicted octanol–water partition coefficient (Wildman–Crippen LogP) is 7.60. The minimum absolute atomic E-state index is 0.0309. The highest BCUT2D eigenvalue weighted by atomic mass is 35.5. The Morgan fingerprint density at radius 2 is 1.89 bits per heavy atom. The van der Waals surface area contributed by atoms with Crippen molar-refractivity contribution >= 4 is 42.3 Å². The van der Waals surface area contributed by atoms with Crippen molar-refractivity contribution in [2.24, 2.45) is 0 Å². The Labute approximate surface area is 217 Å². The van der Waals surface area contributed by atoms with Crippen molar-refractivity contribution in [1.82, 2.24) is 15.0 Å². The van der Waals surface area contributed by atoms with E-state index in [-0.39, 0.29) is 10.1 Å². The summed E-state index contributed by atoms with van der Waals surface area (Å²) in [6.07, 6.45) is 3.41. The molecule has 0 saturated carbocycles. The van der Waals surface area contributed by atoms with Crippen molar-refractivity contribution < 1.29 is 8.82 Å². The zero-order valence-corrected chi connectivity index (χ0v) is 22.7. The zero-order chi connectivity index (χ0) is 25.9. The molecule has 0 bridgehead atoms. The first-order valence-electron chi connectivity index (χ1n) is 11.6. The van der Waals surface area contributed by atoms with E-state index < -0.39 is 14.1 Å². The molecule has 36 heavy (non-hydrogen) atoms. The van der Waals surface area contributed by atoms with Gasteiger partial charge in [-0.25, -0.2) is 14.4 Å². The molecule has 5 nitrogen and oxygen atoms in total. The van der Waals surface area contributed by atoms with Crippen LogP contribution in [0.15, 0.2) is 60.9 Å². The Kier molecular flexibility index (Phi) is 7.41. The molecule has 0 radical (unpaired) electrons. The lowest BCUT2D eigenvalue weighted by molar-refractivity contribution is 0.334. The molecule has 2 aromatic heterocycles. The fraction of sp³-hybridized carbons (Fsp3) is 0.250. The largest absolute Gasteiger partial charge is 0.406 e. The van der Waals surface area contributed by atoms with Gasteiger partial charge in [0.1, 0.15) is 11.6 Å². The van der Waals surface area contributed by atoms with Crippen molar-refractivity contribution in [3.8, 4) is 23.2 Å². The lowest BCUT2D eigenvalue weighted by Crippen LogP contribution is -2.40. The first kappa shape index (κ1) is 25.8. The average Bonchev–Trinajstić information content (AvgIpc) is 2.83. The summed E-state index contributed by atoms with van der Waals surface area (Å²) in [5.41, 5.74) is 2.94. The van der Waals surface area contributed by atoms with Crippen LogP contribution < -0.4 is 5.32 Å². The smallest absolute Gasteiger partial charge is 0.193 e. The van der Waals surface area contributed by atoms with Gasteiger partial charge >= 0.3 is 0 Å². The van der Waals surface area contributed by atoms with Crippen LogP contribution in [0.25, 0.3) is 22.3 Å². The number of fused-ring (bicyclic) bond motifs is 1. The van der Waals surface area contributed by atoms with Crippen LogP contribution in [-0.2, 0) is 4.43 Å².